The minimum Gasteiger partial charge on any atom is -0.370 e. The third kappa shape index (κ3) is 3.42. The maximum Gasteiger partial charge on any atom is 0.227 e. The van der Waals surface area contributed by atoms with Crippen molar-refractivity contribution in [1.82, 2.24) is 9.97 Å². The van der Waals surface area contributed by atoms with Crippen LogP contribution in [0.5, 0.6) is 0 Å². The summed E-state index contributed by atoms with van der Waals surface area (Å²) in [6.45, 7) is 1.97. The molecule has 1 aromatic heterocycles. The van der Waals surface area contributed by atoms with E-state index in [-0.39, 0.29) is 6.04 Å². The Morgan fingerprint density at radius 3 is 2.57 bits per heavy atom. The number of benzene rings is 2. The van der Waals surface area contributed by atoms with Gasteiger partial charge in [-0.1, -0.05) is 31.0 Å². The molecule has 3 aromatic rings. The third-order valence-corrected chi connectivity index (χ3v) is 6.15. The van der Waals surface area contributed by atoms with Crippen LogP contribution in [0.4, 0.5) is 17.3 Å². The molecule has 2 heterocycles. The van der Waals surface area contributed by atoms with Gasteiger partial charge in [-0.05, 0) is 55.0 Å². The molecule has 2 aliphatic rings. The maximum atomic E-state index is 6.03. The van der Waals surface area contributed by atoms with E-state index in [9.17, 15) is 0 Å². The lowest BCUT2D eigenvalue weighted by Crippen LogP contribution is -2.26. The van der Waals surface area contributed by atoms with E-state index in [0.29, 0.717) is 11.9 Å². The van der Waals surface area contributed by atoms with Crippen molar-refractivity contribution in [2.75, 3.05) is 23.3 Å². The van der Waals surface area contributed by atoms with Gasteiger partial charge in [0.2, 0.25) is 5.95 Å². The van der Waals surface area contributed by atoms with Crippen molar-refractivity contribution < 1.29 is 0 Å². The molecule has 0 bridgehead atoms. The lowest BCUT2D eigenvalue weighted by Gasteiger charge is -2.18. The van der Waals surface area contributed by atoms with Gasteiger partial charge in [0.05, 0.1) is 5.52 Å². The van der Waals surface area contributed by atoms with Crippen LogP contribution < -0.4 is 16.0 Å². The molecular formula is C23H27N5. The molecule has 1 unspecified atom stereocenters. The highest BCUT2D eigenvalue weighted by molar-refractivity contribution is 5.83. The first-order valence-corrected chi connectivity index (χ1v) is 10.4. The first-order chi connectivity index (χ1) is 13.8. The zero-order valence-corrected chi connectivity index (χ0v) is 16.1. The summed E-state index contributed by atoms with van der Waals surface area (Å²) in [4.78, 5) is 11.7. The molecule has 28 heavy (non-hydrogen) atoms. The van der Waals surface area contributed by atoms with Crippen LogP contribution in [0.2, 0.25) is 0 Å². The highest BCUT2D eigenvalue weighted by Gasteiger charge is 2.20. The van der Waals surface area contributed by atoms with Crippen LogP contribution in [-0.4, -0.2) is 29.1 Å². The molecule has 1 aliphatic heterocycles. The van der Waals surface area contributed by atoms with Gasteiger partial charge in [0.25, 0.3) is 0 Å². The summed E-state index contributed by atoms with van der Waals surface area (Å²) in [5.74, 6) is 1.30. The van der Waals surface area contributed by atoms with E-state index in [4.69, 9.17) is 10.7 Å². The second-order valence-corrected chi connectivity index (χ2v) is 8.13. The fourth-order valence-electron chi connectivity index (χ4n) is 4.61. The van der Waals surface area contributed by atoms with Crippen molar-refractivity contribution in [3.63, 3.8) is 0 Å². The predicted molar refractivity (Wildman–Crippen MR) is 115 cm³/mol. The van der Waals surface area contributed by atoms with Gasteiger partial charge in [-0.3, -0.25) is 0 Å². The lowest BCUT2D eigenvalue weighted by molar-refractivity contribution is 0.727. The first kappa shape index (κ1) is 17.4. The standard InChI is InChI=1S/C23H27N5/c24-18-12-13-28(15-18)20-10-8-19(9-11-20)26-23-25-14-17-6-3-7-21(22(17)27-23)16-4-1-2-5-16/h3,6-11,14,16,18H,1-2,4-5,12-13,15,24H2,(H,25,26,27). The van der Waals surface area contributed by atoms with Crippen molar-refractivity contribution in [3.8, 4) is 0 Å². The van der Waals surface area contributed by atoms with Gasteiger partial charge < -0.3 is 16.0 Å². The topological polar surface area (TPSA) is 67.1 Å². The number of anilines is 3. The van der Waals surface area contributed by atoms with Gasteiger partial charge in [0.1, 0.15) is 0 Å². The Balaban J connectivity index is 1.38. The Labute approximate surface area is 166 Å². The summed E-state index contributed by atoms with van der Waals surface area (Å²) in [5, 5.41) is 4.50. The summed E-state index contributed by atoms with van der Waals surface area (Å²) < 4.78 is 0. The van der Waals surface area contributed by atoms with E-state index < -0.39 is 0 Å². The average molecular weight is 374 g/mol. The summed E-state index contributed by atoms with van der Waals surface area (Å²) in [6, 6.07) is 15.2. The molecule has 1 saturated carbocycles. The number of rotatable bonds is 4. The SMILES string of the molecule is NC1CCN(c2ccc(Nc3ncc4cccc(C5CCCC5)c4n3)cc2)C1. The van der Waals surface area contributed by atoms with E-state index in [1.54, 1.807) is 0 Å². The predicted octanol–water partition coefficient (Wildman–Crippen LogP) is 4.57. The minimum atomic E-state index is 0.290. The van der Waals surface area contributed by atoms with Gasteiger partial charge in [-0.15, -0.1) is 0 Å². The van der Waals surface area contributed by atoms with Crippen LogP contribution >= 0.6 is 0 Å². The summed E-state index contributed by atoms with van der Waals surface area (Å²) in [5.41, 5.74) is 10.7. The van der Waals surface area contributed by atoms with E-state index >= 15 is 0 Å². The van der Waals surface area contributed by atoms with Gasteiger partial charge in [0, 0.05) is 42.1 Å². The second kappa shape index (κ2) is 7.40. The van der Waals surface area contributed by atoms with Crippen LogP contribution in [0, 0.1) is 0 Å². The molecule has 144 valence electrons. The molecule has 5 heteroatoms. The Kier molecular flexibility index (Phi) is 4.61. The zero-order chi connectivity index (χ0) is 18.9. The number of nitrogens with two attached hydrogens (primary N) is 1. The summed E-state index contributed by atoms with van der Waals surface area (Å²) in [6.07, 6.45) is 8.19. The highest BCUT2D eigenvalue weighted by atomic mass is 15.2. The van der Waals surface area contributed by atoms with Crippen molar-refractivity contribution in [3.05, 3.63) is 54.2 Å². The highest BCUT2D eigenvalue weighted by Crippen LogP contribution is 2.37. The van der Waals surface area contributed by atoms with Crippen molar-refractivity contribution in [2.24, 2.45) is 5.73 Å². The molecule has 1 aliphatic carbocycles. The van der Waals surface area contributed by atoms with Crippen LogP contribution in [0.15, 0.2) is 48.7 Å². The van der Waals surface area contributed by atoms with Crippen LogP contribution in [0.3, 0.4) is 0 Å². The summed E-state index contributed by atoms with van der Waals surface area (Å²) >= 11 is 0. The van der Waals surface area contributed by atoms with Crippen LogP contribution in [0.25, 0.3) is 10.9 Å². The fraction of sp³-hybridized carbons (Fsp3) is 0.391. The van der Waals surface area contributed by atoms with E-state index in [1.807, 2.05) is 6.20 Å². The number of nitrogens with zero attached hydrogens (tertiary/aromatic N) is 3. The monoisotopic (exact) mass is 373 g/mol. The van der Waals surface area contributed by atoms with E-state index in [1.165, 1.54) is 36.9 Å². The van der Waals surface area contributed by atoms with Crippen molar-refractivity contribution in [1.29, 1.82) is 0 Å². The molecule has 0 amide bonds. The van der Waals surface area contributed by atoms with Crippen molar-refractivity contribution in [2.45, 2.75) is 44.1 Å². The van der Waals surface area contributed by atoms with Crippen LogP contribution in [0.1, 0.15) is 43.6 Å². The Hall–Kier alpha value is -2.66. The molecule has 0 radical (unpaired) electrons. The molecule has 2 fully saturated rings. The van der Waals surface area contributed by atoms with E-state index in [0.717, 1.165) is 36.1 Å². The molecule has 3 N–H and O–H groups in total. The molecule has 5 rings (SSSR count). The second-order valence-electron chi connectivity index (χ2n) is 8.13. The minimum absolute atomic E-state index is 0.290. The zero-order valence-electron chi connectivity index (χ0n) is 16.1. The number of nitrogens with one attached hydrogen (secondary N) is 1. The first-order valence-electron chi connectivity index (χ1n) is 10.4. The average Bonchev–Trinajstić information content (AvgIpc) is 3.40. The molecule has 5 nitrogen and oxygen atoms in total. The van der Waals surface area contributed by atoms with Gasteiger partial charge in [-0.25, -0.2) is 9.97 Å². The maximum absolute atomic E-state index is 6.03. The number of hydrogen-bond acceptors (Lipinski definition) is 5. The van der Waals surface area contributed by atoms with Gasteiger partial charge >= 0.3 is 0 Å². The fourth-order valence-corrected chi connectivity index (χ4v) is 4.61. The number of aromatic nitrogens is 2. The molecule has 1 atom stereocenters. The normalized spacial score (nSPS) is 20.2. The van der Waals surface area contributed by atoms with Crippen LogP contribution in [-0.2, 0) is 0 Å². The molecular weight excluding hydrogens is 346 g/mol. The molecule has 1 saturated heterocycles. The number of fused-ring (bicyclic) bond motifs is 1. The number of hydrogen-bond donors (Lipinski definition) is 2. The summed E-state index contributed by atoms with van der Waals surface area (Å²) in [7, 11) is 0. The Morgan fingerprint density at radius 2 is 1.82 bits per heavy atom. The third-order valence-electron chi connectivity index (χ3n) is 6.15. The molecule has 2 aromatic carbocycles. The van der Waals surface area contributed by atoms with Gasteiger partial charge in [0.15, 0.2) is 0 Å². The number of para-hydroxylation sites is 1. The van der Waals surface area contributed by atoms with E-state index in [2.05, 4.69) is 57.7 Å². The van der Waals surface area contributed by atoms with Crippen molar-refractivity contribution >= 4 is 28.2 Å². The smallest absolute Gasteiger partial charge is 0.227 e. The van der Waals surface area contributed by atoms with Gasteiger partial charge in [-0.2, -0.15) is 0 Å². The largest absolute Gasteiger partial charge is 0.370 e. The Bertz CT molecular complexity index is 962. The lowest BCUT2D eigenvalue weighted by atomic mass is 9.95. The Morgan fingerprint density at radius 1 is 1.00 bits per heavy atom. The quantitative estimate of drug-likeness (QED) is 0.701. The molecule has 0 spiro atoms.